The molecule has 110 valence electrons. The van der Waals surface area contributed by atoms with Crippen LogP contribution in [0.1, 0.15) is 25.5 Å². The summed E-state index contributed by atoms with van der Waals surface area (Å²) >= 11 is 0. The maximum Gasteiger partial charge on any atom is 0.338 e. The van der Waals surface area contributed by atoms with Crippen LogP contribution >= 0.6 is 0 Å². The number of hydrogen-bond acceptors (Lipinski definition) is 3. The van der Waals surface area contributed by atoms with Crippen LogP contribution in [0.2, 0.25) is 0 Å². The number of nitrogens with one attached hydrogen (secondary N) is 2. The van der Waals surface area contributed by atoms with Gasteiger partial charge in [-0.2, -0.15) is 0 Å². The molecule has 0 bridgehead atoms. The molecule has 0 unspecified atom stereocenters. The van der Waals surface area contributed by atoms with Gasteiger partial charge in [0.05, 0.1) is 11.6 Å². The molecule has 21 heavy (non-hydrogen) atoms. The Labute approximate surface area is 123 Å². The molecule has 5 heteroatoms. The summed E-state index contributed by atoms with van der Waals surface area (Å²) < 4.78 is 5.20. The second-order valence-electron chi connectivity index (χ2n) is 4.65. The lowest BCUT2D eigenvalue weighted by molar-refractivity contribution is -0.138. The van der Waals surface area contributed by atoms with Crippen LogP contribution in [0.3, 0.4) is 0 Å². The molecule has 1 aliphatic heterocycles. The smallest absolute Gasteiger partial charge is 0.338 e. The first-order valence-corrected chi connectivity index (χ1v) is 6.75. The fourth-order valence-electron chi connectivity index (χ4n) is 2.16. The van der Waals surface area contributed by atoms with Crippen molar-refractivity contribution in [3.63, 3.8) is 0 Å². The topological polar surface area (TPSA) is 67.4 Å². The van der Waals surface area contributed by atoms with E-state index in [4.69, 9.17) is 4.74 Å². The molecule has 2 N–H and O–H groups in total. The molecule has 0 aliphatic carbocycles. The van der Waals surface area contributed by atoms with Crippen molar-refractivity contribution in [1.29, 1.82) is 0 Å². The SMILES string of the molecule is C/C=C/COC(=O)C1=C(C)NC(=O)N[C@H]1c1ccccc1. The summed E-state index contributed by atoms with van der Waals surface area (Å²) in [5.41, 5.74) is 1.77. The summed E-state index contributed by atoms with van der Waals surface area (Å²) in [5, 5.41) is 5.37. The highest BCUT2D eigenvalue weighted by molar-refractivity contribution is 5.95. The van der Waals surface area contributed by atoms with Gasteiger partial charge < -0.3 is 15.4 Å². The highest BCUT2D eigenvalue weighted by atomic mass is 16.5. The normalized spacial score (nSPS) is 18.4. The third-order valence-corrected chi connectivity index (χ3v) is 3.17. The predicted molar refractivity (Wildman–Crippen MR) is 79.3 cm³/mol. The van der Waals surface area contributed by atoms with Gasteiger partial charge in [0.25, 0.3) is 0 Å². The summed E-state index contributed by atoms with van der Waals surface area (Å²) in [7, 11) is 0. The van der Waals surface area contributed by atoms with Crippen LogP contribution in [0.5, 0.6) is 0 Å². The Morgan fingerprint density at radius 3 is 2.71 bits per heavy atom. The molecule has 0 aromatic heterocycles. The fourth-order valence-corrected chi connectivity index (χ4v) is 2.16. The number of ether oxygens (including phenoxy) is 1. The van der Waals surface area contributed by atoms with Gasteiger partial charge in [-0.1, -0.05) is 42.5 Å². The van der Waals surface area contributed by atoms with Crippen LogP contribution in [-0.4, -0.2) is 18.6 Å². The van der Waals surface area contributed by atoms with Crippen molar-refractivity contribution >= 4 is 12.0 Å². The van der Waals surface area contributed by atoms with Gasteiger partial charge in [0, 0.05) is 5.70 Å². The van der Waals surface area contributed by atoms with Gasteiger partial charge >= 0.3 is 12.0 Å². The molecule has 2 amide bonds. The van der Waals surface area contributed by atoms with Crippen LogP contribution in [-0.2, 0) is 9.53 Å². The minimum atomic E-state index is -0.502. The standard InChI is InChI=1S/C16H18N2O3/c1-3-4-10-21-15(19)13-11(2)17-16(20)18-14(13)12-8-6-5-7-9-12/h3-9,14H,10H2,1-2H3,(H2,17,18,20)/b4-3+/t14-/m0/s1. The first-order chi connectivity index (χ1) is 10.1. The number of urea groups is 1. The number of allylic oxidation sites excluding steroid dienone is 2. The van der Waals surface area contributed by atoms with Crippen LogP contribution < -0.4 is 10.6 Å². The Morgan fingerprint density at radius 1 is 1.33 bits per heavy atom. The first kappa shape index (κ1) is 14.8. The Kier molecular flexibility index (Phi) is 4.77. The quantitative estimate of drug-likeness (QED) is 0.660. The number of rotatable bonds is 4. The van der Waals surface area contributed by atoms with E-state index >= 15 is 0 Å². The molecule has 1 atom stereocenters. The van der Waals surface area contributed by atoms with Gasteiger partial charge in [-0.25, -0.2) is 9.59 Å². The first-order valence-electron chi connectivity index (χ1n) is 6.75. The predicted octanol–water partition coefficient (Wildman–Crippen LogP) is 2.43. The van der Waals surface area contributed by atoms with Gasteiger partial charge in [0.1, 0.15) is 6.61 Å². The minimum absolute atomic E-state index is 0.210. The molecule has 1 aliphatic rings. The highest BCUT2D eigenvalue weighted by Crippen LogP contribution is 2.27. The summed E-state index contributed by atoms with van der Waals surface area (Å²) in [6.45, 7) is 3.76. The zero-order valence-corrected chi connectivity index (χ0v) is 12.1. The summed E-state index contributed by atoms with van der Waals surface area (Å²) in [5.74, 6) is -0.438. The van der Waals surface area contributed by atoms with Gasteiger partial charge in [-0.05, 0) is 19.4 Å². The second kappa shape index (κ2) is 6.74. The van der Waals surface area contributed by atoms with Crippen LogP contribution in [0.4, 0.5) is 4.79 Å². The molecular formula is C16H18N2O3. The molecular weight excluding hydrogens is 268 g/mol. The molecule has 1 heterocycles. The molecule has 0 spiro atoms. The summed E-state index contributed by atoms with van der Waals surface area (Å²) in [4.78, 5) is 23.9. The van der Waals surface area contributed by atoms with Crippen LogP contribution in [0, 0.1) is 0 Å². The number of esters is 1. The number of carbonyl (C=O) groups is 2. The molecule has 0 saturated heterocycles. The zero-order chi connectivity index (χ0) is 15.2. The van der Waals surface area contributed by atoms with E-state index in [-0.39, 0.29) is 12.6 Å². The number of carbonyl (C=O) groups excluding carboxylic acids is 2. The largest absolute Gasteiger partial charge is 0.458 e. The van der Waals surface area contributed by atoms with Crippen molar-refractivity contribution in [2.75, 3.05) is 6.61 Å². The van der Waals surface area contributed by atoms with Crippen molar-refractivity contribution in [2.24, 2.45) is 0 Å². The summed E-state index contributed by atoms with van der Waals surface area (Å²) in [6.07, 6.45) is 3.56. The highest BCUT2D eigenvalue weighted by Gasteiger charge is 2.31. The Balaban J connectivity index is 2.30. The number of amides is 2. The van der Waals surface area contributed by atoms with E-state index in [2.05, 4.69) is 10.6 Å². The maximum absolute atomic E-state index is 12.3. The minimum Gasteiger partial charge on any atom is -0.458 e. The average Bonchev–Trinajstić information content (AvgIpc) is 2.47. The molecule has 0 fully saturated rings. The lowest BCUT2D eigenvalue weighted by atomic mass is 9.96. The van der Waals surface area contributed by atoms with E-state index < -0.39 is 12.0 Å². The van der Waals surface area contributed by atoms with Crippen molar-refractivity contribution in [3.8, 4) is 0 Å². The third kappa shape index (κ3) is 3.51. The van der Waals surface area contributed by atoms with E-state index in [1.807, 2.05) is 43.3 Å². The molecule has 1 aromatic rings. The van der Waals surface area contributed by atoms with E-state index in [9.17, 15) is 9.59 Å². The van der Waals surface area contributed by atoms with Crippen molar-refractivity contribution in [1.82, 2.24) is 10.6 Å². The Morgan fingerprint density at radius 2 is 2.05 bits per heavy atom. The summed E-state index contributed by atoms with van der Waals surface area (Å²) in [6, 6.07) is 8.51. The fraction of sp³-hybridized carbons (Fsp3) is 0.250. The maximum atomic E-state index is 12.3. The van der Waals surface area contributed by atoms with E-state index in [1.54, 1.807) is 13.0 Å². The molecule has 5 nitrogen and oxygen atoms in total. The molecule has 2 rings (SSSR count). The lowest BCUT2D eigenvalue weighted by Gasteiger charge is -2.28. The van der Waals surface area contributed by atoms with Crippen LogP contribution in [0.25, 0.3) is 0 Å². The molecule has 0 radical (unpaired) electrons. The van der Waals surface area contributed by atoms with E-state index in [0.717, 1.165) is 5.56 Å². The molecule has 0 saturated carbocycles. The second-order valence-corrected chi connectivity index (χ2v) is 4.65. The monoisotopic (exact) mass is 286 g/mol. The zero-order valence-electron chi connectivity index (χ0n) is 12.1. The van der Waals surface area contributed by atoms with Crippen LogP contribution in [0.15, 0.2) is 53.8 Å². The Bertz CT molecular complexity index is 591. The van der Waals surface area contributed by atoms with E-state index in [0.29, 0.717) is 11.3 Å². The van der Waals surface area contributed by atoms with Gasteiger partial charge in [-0.15, -0.1) is 0 Å². The van der Waals surface area contributed by atoms with Crippen molar-refractivity contribution < 1.29 is 14.3 Å². The number of hydrogen-bond donors (Lipinski definition) is 2. The average molecular weight is 286 g/mol. The van der Waals surface area contributed by atoms with Crippen molar-refractivity contribution in [2.45, 2.75) is 19.9 Å². The van der Waals surface area contributed by atoms with Gasteiger partial charge in [-0.3, -0.25) is 0 Å². The Hall–Kier alpha value is -2.56. The third-order valence-electron chi connectivity index (χ3n) is 3.17. The van der Waals surface area contributed by atoms with Gasteiger partial charge in [0.2, 0.25) is 0 Å². The lowest BCUT2D eigenvalue weighted by Crippen LogP contribution is -2.45. The van der Waals surface area contributed by atoms with E-state index in [1.165, 1.54) is 0 Å². The number of benzene rings is 1. The van der Waals surface area contributed by atoms with Crippen molar-refractivity contribution in [3.05, 3.63) is 59.3 Å². The van der Waals surface area contributed by atoms with Gasteiger partial charge in [0.15, 0.2) is 0 Å². The molecule has 1 aromatic carbocycles.